The van der Waals surface area contributed by atoms with Crippen molar-refractivity contribution in [2.45, 2.75) is 19.8 Å². The zero-order valence-corrected chi connectivity index (χ0v) is 7.58. The topological polar surface area (TPSA) is 57.8 Å². The summed E-state index contributed by atoms with van der Waals surface area (Å²) in [5.41, 5.74) is 0. The van der Waals surface area contributed by atoms with Crippen molar-refractivity contribution in [2.24, 2.45) is 11.8 Å². The number of anilines is 1. The van der Waals surface area contributed by atoms with Gasteiger partial charge < -0.3 is 10.3 Å². The van der Waals surface area contributed by atoms with Crippen LogP contribution in [0.2, 0.25) is 0 Å². The van der Waals surface area contributed by atoms with Crippen molar-refractivity contribution in [1.82, 2.24) is 9.97 Å². The summed E-state index contributed by atoms with van der Waals surface area (Å²) in [6, 6.07) is 0. The number of aromatic nitrogens is 2. The third-order valence-corrected chi connectivity index (χ3v) is 2.50. The number of imidazole rings is 1. The third-order valence-electron chi connectivity index (χ3n) is 2.50. The van der Waals surface area contributed by atoms with Gasteiger partial charge in [0.25, 0.3) is 0 Å². The number of H-pyrrole nitrogens is 1. The third kappa shape index (κ3) is 1.88. The lowest BCUT2D eigenvalue weighted by molar-refractivity contribution is -0.119. The van der Waals surface area contributed by atoms with Gasteiger partial charge in [-0.05, 0) is 18.8 Å². The second kappa shape index (κ2) is 3.20. The number of rotatable bonds is 3. The molecule has 1 aromatic heterocycles. The van der Waals surface area contributed by atoms with Crippen molar-refractivity contribution in [1.29, 1.82) is 0 Å². The molecule has 1 aromatic rings. The van der Waals surface area contributed by atoms with Crippen molar-refractivity contribution in [3.63, 3.8) is 0 Å². The normalized spacial score (nSPS) is 18.2. The summed E-state index contributed by atoms with van der Waals surface area (Å²) in [4.78, 5) is 18.2. The van der Waals surface area contributed by atoms with E-state index in [1.807, 2.05) is 6.92 Å². The smallest absolute Gasteiger partial charge is 0.228 e. The molecule has 0 aromatic carbocycles. The molecule has 70 valence electrons. The zero-order chi connectivity index (χ0) is 9.26. The van der Waals surface area contributed by atoms with Gasteiger partial charge in [-0.25, -0.2) is 4.98 Å². The van der Waals surface area contributed by atoms with Crippen molar-refractivity contribution in [2.75, 3.05) is 5.32 Å². The van der Waals surface area contributed by atoms with Crippen LogP contribution in [0.1, 0.15) is 19.8 Å². The molecule has 1 aliphatic carbocycles. The number of amides is 1. The summed E-state index contributed by atoms with van der Waals surface area (Å²) < 4.78 is 0. The highest BCUT2D eigenvalue weighted by molar-refractivity contribution is 5.91. The molecule has 4 heteroatoms. The highest BCUT2D eigenvalue weighted by Crippen LogP contribution is 2.36. The van der Waals surface area contributed by atoms with Crippen molar-refractivity contribution < 1.29 is 4.79 Å². The lowest BCUT2D eigenvalue weighted by Crippen LogP contribution is -2.21. The van der Waals surface area contributed by atoms with E-state index in [1.165, 1.54) is 12.8 Å². The maximum atomic E-state index is 11.5. The molecule has 1 fully saturated rings. The lowest BCUT2D eigenvalue weighted by atomic mass is 10.1. The Bertz CT molecular complexity index is 290. The van der Waals surface area contributed by atoms with Crippen LogP contribution in [0.3, 0.4) is 0 Å². The van der Waals surface area contributed by atoms with E-state index >= 15 is 0 Å². The minimum atomic E-state index is 0.0896. The summed E-state index contributed by atoms with van der Waals surface area (Å²) >= 11 is 0. The Balaban J connectivity index is 1.90. The summed E-state index contributed by atoms with van der Waals surface area (Å²) in [7, 11) is 0. The number of nitrogens with one attached hydrogen (secondary N) is 2. The van der Waals surface area contributed by atoms with Crippen LogP contribution < -0.4 is 5.32 Å². The monoisotopic (exact) mass is 179 g/mol. The number of aromatic amines is 1. The molecule has 0 aliphatic heterocycles. The standard InChI is InChI=1S/C9H13N3O/c1-6(7-2-3-7)9(13)12-8-4-10-5-11-8/h4-7H,2-3H2,1H3,(H,10,11)(H,12,13). The molecule has 0 bridgehead atoms. The molecule has 0 spiro atoms. The quantitative estimate of drug-likeness (QED) is 0.736. The maximum Gasteiger partial charge on any atom is 0.228 e. The van der Waals surface area contributed by atoms with Crippen LogP contribution in [-0.4, -0.2) is 15.9 Å². The van der Waals surface area contributed by atoms with Gasteiger partial charge in [0.15, 0.2) is 0 Å². The maximum absolute atomic E-state index is 11.5. The fourth-order valence-electron chi connectivity index (χ4n) is 1.38. The van der Waals surface area contributed by atoms with E-state index in [2.05, 4.69) is 15.3 Å². The number of carbonyl (C=O) groups is 1. The first-order valence-electron chi connectivity index (χ1n) is 4.56. The number of hydrogen-bond acceptors (Lipinski definition) is 2. The zero-order valence-electron chi connectivity index (χ0n) is 7.58. The Labute approximate surface area is 76.8 Å². The van der Waals surface area contributed by atoms with Gasteiger partial charge in [-0.2, -0.15) is 0 Å². The van der Waals surface area contributed by atoms with Gasteiger partial charge in [0.2, 0.25) is 5.91 Å². The lowest BCUT2D eigenvalue weighted by Gasteiger charge is -2.08. The first-order valence-corrected chi connectivity index (χ1v) is 4.56. The van der Waals surface area contributed by atoms with Crippen LogP contribution in [0.5, 0.6) is 0 Å². The average molecular weight is 179 g/mol. The number of carbonyl (C=O) groups excluding carboxylic acids is 1. The Morgan fingerprint density at radius 2 is 2.54 bits per heavy atom. The molecule has 0 radical (unpaired) electrons. The fraction of sp³-hybridized carbons (Fsp3) is 0.556. The Hall–Kier alpha value is -1.32. The summed E-state index contributed by atoms with van der Waals surface area (Å²) in [5, 5.41) is 2.79. The van der Waals surface area contributed by atoms with Gasteiger partial charge in [-0.3, -0.25) is 4.79 Å². The minimum Gasteiger partial charge on any atom is -0.331 e. The SMILES string of the molecule is CC(C(=O)Nc1cnc[nH]1)C1CC1. The minimum absolute atomic E-state index is 0.0896. The van der Waals surface area contributed by atoms with E-state index in [4.69, 9.17) is 0 Å². The molecule has 1 unspecified atom stereocenters. The molecule has 2 N–H and O–H groups in total. The van der Waals surface area contributed by atoms with Crippen LogP contribution in [0, 0.1) is 11.8 Å². The summed E-state index contributed by atoms with van der Waals surface area (Å²) in [6.45, 7) is 1.98. The molecular weight excluding hydrogens is 166 g/mol. The van der Waals surface area contributed by atoms with Crippen LogP contribution in [0.25, 0.3) is 0 Å². The molecule has 0 saturated heterocycles. The van der Waals surface area contributed by atoms with Crippen LogP contribution in [-0.2, 0) is 4.79 Å². The van der Waals surface area contributed by atoms with E-state index in [9.17, 15) is 4.79 Å². The van der Waals surface area contributed by atoms with Crippen molar-refractivity contribution >= 4 is 11.7 Å². The van der Waals surface area contributed by atoms with Gasteiger partial charge in [0.05, 0.1) is 12.5 Å². The highest BCUT2D eigenvalue weighted by atomic mass is 16.1. The van der Waals surface area contributed by atoms with Gasteiger partial charge >= 0.3 is 0 Å². The molecule has 4 nitrogen and oxygen atoms in total. The molecule has 1 saturated carbocycles. The largest absolute Gasteiger partial charge is 0.331 e. The van der Waals surface area contributed by atoms with E-state index in [-0.39, 0.29) is 11.8 Å². The Kier molecular flexibility index (Phi) is 2.04. The highest BCUT2D eigenvalue weighted by Gasteiger charge is 2.32. The predicted octanol–water partition coefficient (Wildman–Crippen LogP) is 1.39. The van der Waals surface area contributed by atoms with Gasteiger partial charge in [0.1, 0.15) is 5.82 Å². The second-order valence-corrected chi connectivity index (χ2v) is 3.58. The Morgan fingerprint density at radius 1 is 1.77 bits per heavy atom. The van der Waals surface area contributed by atoms with E-state index in [0.29, 0.717) is 11.7 Å². The van der Waals surface area contributed by atoms with Crippen LogP contribution in [0.4, 0.5) is 5.82 Å². The molecule has 1 aliphatic rings. The van der Waals surface area contributed by atoms with Crippen molar-refractivity contribution in [3.05, 3.63) is 12.5 Å². The molecule has 13 heavy (non-hydrogen) atoms. The molecule has 1 heterocycles. The van der Waals surface area contributed by atoms with Crippen LogP contribution in [0.15, 0.2) is 12.5 Å². The first-order chi connectivity index (χ1) is 6.27. The van der Waals surface area contributed by atoms with Crippen molar-refractivity contribution in [3.8, 4) is 0 Å². The second-order valence-electron chi connectivity index (χ2n) is 3.58. The predicted molar refractivity (Wildman–Crippen MR) is 49.1 cm³/mol. The van der Waals surface area contributed by atoms with Gasteiger partial charge in [-0.1, -0.05) is 6.92 Å². The van der Waals surface area contributed by atoms with Crippen LogP contribution >= 0.6 is 0 Å². The van der Waals surface area contributed by atoms with Gasteiger partial charge in [0, 0.05) is 5.92 Å². The Morgan fingerprint density at radius 3 is 3.08 bits per heavy atom. The molecular formula is C9H13N3O. The number of nitrogens with zero attached hydrogens (tertiary/aromatic N) is 1. The molecule has 2 rings (SSSR count). The van der Waals surface area contributed by atoms with E-state index < -0.39 is 0 Å². The number of hydrogen-bond donors (Lipinski definition) is 2. The average Bonchev–Trinajstić information content (AvgIpc) is 2.85. The van der Waals surface area contributed by atoms with E-state index in [1.54, 1.807) is 12.5 Å². The fourth-order valence-corrected chi connectivity index (χ4v) is 1.38. The van der Waals surface area contributed by atoms with Gasteiger partial charge in [-0.15, -0.1) is 0 Å². The first kappa shape index (κ1) is 8.29. The molecule has 1 atom stereocenters. The summed E-state index contributed by atoms with van der Waals surface area (Å²) in [5.74, 6) is 1.50. The summed E-state index contributed by atoms with van der Waals surface area (Å²) in [6.07, 6.45) is 5.55. The van der Waals surface area contributed by atoms with E-state index in [0.717, 1.165) is 0 Å². The molecule has 1 amide bonds.